The normalized spacial score (nSPS) is 14.0. The van der Waals surface area contributed by atoms with Gasteiger partial charge in [0.2, 0.25) is 5.88 Å². The van der Waals surface area contributed by atoms with Crippen LogP contribution in [-0.4, -0.2) is 12.6 Å². The zero-order chi connectivity index (χ0) is 29.6. The fourth-order valence-electron chi connectivity index (χ4n) is 4.49. The topological polar surface area (TPSA) is 104 Å². The van der Waals surface area contributed by atoms with Crippen LogP contribution in [-0.2, 0) is 6.61 Å². The molecule has 7 nitrogen and oxygen atoms in total. The lowest BCUT2D eigenvalue weighted by molar-refractivity contribution is 0.0734. The monoisotopic (exact) mass is 580 g/mol. The second-order valence-corrected chi connectivity index (χ2v) is 10.7. The van der Waals surface area contributed by atoms with Gasteiger partial charge in [-0.3, -0.25) is 0 Å². The van der Waals surface area contributed by atoms with Gasteiger partial charge in [-0.2, -0.15) is 5.26 Å². The molecule has 212 valence electrons. The van der Waals surface area contributed by atoms with E-state index in [0.717, 1.165) is 11.1 Å². The highest BCUT2D eigenvalue weighted by Crippen LogP contribution is 2.44. The van der Waals surface area contributed by atoms with Crippen LogP contribution in [0.4, 0.5) is 0 Å². The molecule has 0 saturated heterocycles. The van der Waals surface area contributed by atoms with E-state index in [4.69, 9.17) is 36.3 Å². The molecule has 1 unspecified atom stereocenters. The van der Waals surface area contributed by atoms with E-state index in [-0.39, 0.29) is 17.2 Å². The molecule has 4 aromatic rings. The zero-order valence-corrected chi connectivity index (χ0v) is 23.9. The average molecular weight is 581 g/mol. The van der Waals surface area contributed by atoms with Gasteiger partial charge in [-0.05, 0) is 71.6 Å². The maximum absolute atomic E-state index is 12.8. The van der Waals surface area contributed by atoms with Crippen LogP contribution in [0.15, 0.2) is 102 Å². The van der Waals surface area contributed by atoms with Crippen LogP contribution in [0.1, 0.15) is 46.8 Å². The molecule has 1 atom stereocenters. The van der Waals surface area contributed by atoms with Crippen LogP contribution in [0.5, 0.6) is 23.0 Å². The van der Waals surface area contributed by atoms with E-state index < -0.39 is 11.9 Å². The number of halogens is 1. The predicted octanol–water partition coefficient (Wildman–Crippen LogP) is 7.39. The summed E-state index contributed by atoms with van der Waals surface area (Å²) in [4.78, 5) is 12.8. The average Bonchev–Trinajstić information content (AvgIpc) is 2.99. The van der Waals surface area contributed by atoms with E-state index in [9.17, 15) is 10.1 Å². The molecule has 0 radical (unpaired) electrons. The van der Waals surface area contributed by atoms with Gasteiger partial charge < -0.3 is 24.7 Å². The molecule has 8 heteroatoms. The number of nitrogens with zero attached hydrogens (tertiary/aromatic N) is 1. The summed E-state index contributed by atoms with van der Waals surface area (Å²) in [5.74, 6) is 1.36. The second-order valence-electron chi connectivity index (χ2n) is 10.2. The molecule has 0 bridgehead atoms. The number of rotatable bonds is 9. The Morgan fingerprint density at radius 1 is 0.952 bits per heavy atom. The van der Waals surface area contributed by atoms with Gasteiger partial charge in [-0.1, -0.05) is 55.8 Å². The minimum absolute atomic E-state index is 0.0112. The van der Waals surface area contributed by atoms with Gasteiger partial charge in [0.25, 0.3) is 0 Å². The number of hydrogen-bond acceptors (Lipinski definition) is 7. The fourth-order valence-corrected chi connectivity index (χ4v) is 4.62. The first kappa shape index (κ1) is 28.6. The number of carbonyl (C=O) groups excluding carboxylic acids is 1. The molecule has 4 aromatic carbocycles. The Balaban J connectivity index is 1.35. The van der Waals surface area contributed by atoms with Gasteiger partial charge in [0.1, 0.15) is 41.2 Å². The van der Waals surface area contributed by atoms with Crippen LogP contribution in [0.3, 0.4) is 0 Å². The summed E-state index contributed by atoms with van der Waals surface area (Å²) < 4.78 is 23.1. The van der Waals surface area contributed by atoms with E-state index in [2.05, 4.69) is 19.9 Å². The molecule has 0 spiro atoms. The summed E-state index contributed by atoms with van der Waals surface area (Å²) in [5, 5.41) is 10.6. The lowest BCUT2D eigenvalue weighted by Gasteiger charge is -2.27. The van der Waals surface area contributed by atoms with E-state index in [1.54, 1.807) is 42.5 Å². The summed E-state index contributed by atoms with van der Waals surface area (Å²) in [6.45, 7) is 5.08. The Hall–Kier alpha value is -4.93. The Labute approximate surface area is 249 Å². The van der Waals surface area contributed by atoms with Gasteiger partial charge in [-0.15, -0.1) is 0 Å². The minimum Gasteiger partial charge on any atom is -0.493 e. The first-order chi connectivity index (χ1) is 20.3. The molecule has 1 heterocycles. The van der Waals surface area contributed by atoms with Crippen molar-refractivity contribution in [3.8, 4) is 29.1 Å². The number of allylic oxidation sites excluding steroid dienone is 1. The number of fused-ring (bicyclic) bond motifs is 1. The second kappa shape index (κ2) is 12.7. The number of ether oxygens (including phenoxy) is 4. The van der Waals surface area contributed by atoms with Crippen LogP contribution in [0.25, 0.3) is 0 Å². The first-order valence-electron chi connectivity index (χ1n) is 13.4. The highest BCUT2D eigenvalue weighted by atomic mass is 35.5. The number of hydrogen-bond donors (Lipinski definition) is 1. The van der Waals surface area contributed by atoms with Gasteiger partial charge in [0.15, 0.2) is 0 Å². The molecule has 1 aliphatic rings. The molecule has 0 fully saturated rings. The summed E-state index contributed by atoms with van der Waals surface area (Å²) in [6, 6.07) is 29.0. The lowest BCUT2D eigenvalue weighted by Crippen LogP contribution is -2.21. The van der Waals surface area contributed by atoms with Crippen molar-refractivity contribution in [1.29, 1.82) is 5.26 Å². The maximum atomic E-state index is 12.8. The molecular weight excluding hydrogens is 552 g/mol. The largest absolute Gasteiger partial charge is 0.493 e. The quantitative estimate of drug-likeness (QED) is 0.162. The summed E-state index contributed by atoms with van der Waals surface area (Å²) >= 11 is 5.98. The number of benzene rings is 4. The third-order valence-electron chi connectivity index (χ3n) is 6.58. The number of nitrogens with two attached hydrogens (primary N) is 1. The summed E-state index contributed by atoms with van der Waals surface area (Å²) in [6.07, 6.45) is 0. The van der Waals surface area contributed by atoms with Crippen molar-refractivity contribution in [2.24, 2.45) is 11.7 Å². The van der Waals surface area contributed by atoms with E-state index in [1.165, 1.54) is 0 Å². The SMILES string of the molecule is CC(C)COc1ccc(C(=O)Oc2ccc3c(c2)OC(N)=C(C#N)C3c2cccc(OCc3ccc(Cl)cc3)c2)cc1. The van der Waals surface area contributed by atoms with Crippen molar-refractivity contribution in [2.45, 2.75) is 26.4 Å². The highest BCUT2D eigenvalue weighted by Gasteiger charge is 2.31. The van der Waals surface area contributed by atoms with Crippen molar-refractivity contribution in [2.75, 3.05) is 6.61 Å². The Morgan fingerprint density at radius 2 is 1.69 bits per heavy atom. The third kappa shape index (κ3) is 6.68. The molecule has 42 heavy (non-hydrogen) atoms. The van der Waals surface area contributed by atoms with Crippen molar-refractivity contribution >= 4 is 17.6 Å². The Kier molecular flexibility index (Phi) is 8.66. The van der Waals surface area contributed by atoms with Crippen molar-refractivity contribution < 1.29 is 23.7 Å². The van der Waals surface area contributed by atoms with Crippen molar-refractivity contribution in [1.82, 2.24) is 0 Å². The molecule has 0 saturated carbocycles. The van der Waals surface area contributed by atoms with Crippen LogP contribution in [0, 0.1) is 17.2 Å². The Bertz CT molecular complexity index is 1660. The smallest absolute Gasteiger partial charge is 0.343 e. The number of nitriles is 1. The van der Waals surface area contributed by atoms with E-state index in [0.29, 0.717) is 52.5 Å². The molecule has 2 N–H and O–H groups in total. The molecule has 0 aromatic heterocycles. The van der Waals surface area contributed by atoms with Gasteiger partial charge in [0.05, 0.1) is 18.1 Å². The van der Waals surface area contributed by atoms with Crippen molar-refractivity contribution in [3.05, 3.63) is 130 Å². The van der Waals surface area contributed by atoms with E-state index >= 15 is 0 Å². The molecular formula is C34H29ClN2O5. The minimum atomic E-state index is -0.524. The molecule has 0 amide bonds. The zero-order valence-electron chi connectivity index (χ0n) is 23.2. The Morgan fingerprint density at radius 3 is 2.40 bits per heavy atom. The number of carbonyl (C=O) groups is 1. The van der Waals surface area contributed by atoms with Gasteiger partial charge in [0, 0.05) is 16.7 Å². The van der Waals surface area contributed by atoms with Crippen molar-refractivity contribution in [3.63, 3.8) is 0 Å². The van der Waals surface area contributed by atoms with Crippen LogP contribution < -0.4 is 24.7 Å². The summed E-state index contributed by atoms with van der Waals surface area (Å²) in [7, 11) is 0. The first-order valence-corrected chi connectivity index (χ1v) is 13.8. The molecule has 1 aliphatic heterocycles. The standard InChI is InChI=1S/C34H29ClN2O5/c1-21(2)19-39-26-12-8-23(9-13-26)34(38)41-28-14-15-29-31(17-28)42-33(37)30(18-36)32(29)24-4-3-5-27(16-24)40-20-22-6-10-25(35)11-7-22/h3-17,21,32H,19-20,37H2,1-2H3. The summed E-state index contributed by atoms with van der Waals surface area (Å²) in [5.41, 5.74) is 9.34. The maximum Gasteiger partial charge on any atom is 0.343 e. The van der Waals surface area contributed by atoms with Crippen LogP contribution in [0.2, 0.25) is 5.02 Å². The predicted molar refractivity (Wildman–Crippen MR) is 160 cm³/mol. The fraction of sp³-hybridized carbons (Fsp3) is 0.176. The molecule has 5 rings (SSSR count). The highest BCUT2D eigenvalue weighted by molar-refractivity contribution is 6.30. The number of esters is 1. The van der Waals surface area contributed by atoms with Gasteiger partial charge in [-0.25, -0.2) is 4.79 Å². The third-order valence-corrected chi connectivity index (χ3v) is 6.84. The molecule has 0 aliphatic carbocycles. The lowest BCUT2D eigenvalue weighted by atomic mass is 9.83. The van der Waals surface area contributed by atoms with E-state index in [1.807, 2.05) is 48.5 Å². The van der Waals surface area contributed by atoms with Gasteiger partial charge >= 0.3 is 5.97 Å². The van der Waals surface area contributed by atoms with Crippen LogP contribution >= 0.6 is 11.6 Å².